The number of hydrogen-bond donors (Lipinski definition) is 1. The van der Waals surface area contributed by atoms with Crippen LogP contribution in [0, 0.1) is 11.7 Å². The van der Waals surface area contributed by atoms with Crippen LogP contribution in [0.5, 0.6) is 0 Å². The number of pyridine rings is 1. The Morgan fingerprint density at radius 3 is 2.54 bits per heavy atom. The molecule has 0 aliphatic heterocycles. The fraction of sp³-hybridized carbons (Fsp3) is 0.294. The van der Waals surface area contributed by atoms with Crippen molar-refractivity contribution in [2.24, 2.45) is 5.92 Å². The van der Waals surface area contributed by atoms with E-state index in [1.165, 1.54) is 18.3 Å². The maximum atomic E-state index is 13.1. The van der Waals surface area contributed by atoms with Gasteiger partial charge in [0, 0.05) is 24.9 Å². The van der Waals surface area contributed by atoms with E-state index in [9.17, 15) is 17.6 Å². The summed E-state index contributed by atoms with van der Waals surface area (Å²) in [5.74, 6) is -0.639. The summed E-state index contributed by atoms with van der Waals surface area (Å²) in [6.45, 7) is -0.0409. The highest BCUT2D eigenvalue weighted by atomic mass is 32.2. The van der Waals surface area contributed by atoms with Crippen LogP contribution < -0.4 is 5.32 Å². The summed E-state index contributed by atoms with van der Waals surface area (Å²) < 4.78 is 39.0. The van der Waals surface area contributed by atoms with Gasteiger partial charge in [-0.2, -0.15) is 0 Å². The van der Waals surface area contributed by atoms with Crippen LogP contribution in [0.4, 0.5) is 4.39 Å². The molecule has 0 radical (unpaired) electrons. The third kappa shape index (κ3) is 3.62. The zero-order valence-corrected chi connectivity index (χ0v) is 13.7. The molecule has 7 heteroatoms. The quantitative estimate of drug-likeness (QED) is 0.813. The Morgan fingerprint density at radius 1 is 1.25 bits per heavy atom. The molecule has 1 heterocycles. The Labute approximate surface area is 139 Å². The summed E-state index contributed by atoms with van der Waals surface area (Å²) in [7, 11) is -3.79. The highest BCUT2D eigenvalue weighted by Crippen LogP contribution is 2.31. The molecule has 24 heavy (non-hydrogen) atoms. The van der Waals surface area contributed by atoms with Gasteiger partial charge in [-0.1, -0.05) is 6.07 Å². The summed E-state index contributed by atoms with van der Waals surface area (Å²) in [5, 5.41) is 1.74. The molecule has 1 aliphatic rings. The molecular weight excluding hydrogens is 331 g/mol. The standard InChI is InChI=1S/C17H17FN2O3S/c18-14-5-7-15(8-6-14)24(22,23)16(13-2-1-9-19-10-13)11-20-17(21)12-3-4-12/h1-2,5-10,12,16H,3-4,11H2,(H,20,21)/t16-/m0/s1. The Kier molecular flexibility index (Phi) is 4.62. The number of halogens is 1. The second-order valence-corrected chi connectivity index (χ2v) is 7.92. The number of nitrogens with zero attached hydrogens (tertiary/aromatic N) is 1. The van der Waals surface area contributed by atoms with Crippen LogP contribution in [0.25, 0.3) is 0 Å². The van der Waals surface area contributed by atoms with Crippen molar-refractivity contribution < 1.29 is 17.6 Å². The predicted molar refractivity (Wildman–Crippen MR) is 86.3 cm³/mol. The first kappa shape index (κ1) is 16.6. The topological polar surface area (TPSA) is 76.1 Å². The van der Waals surface area contributed by atoms with Crippen molar-refractivity contribution in [3.63, 3.8) is 0 Å². The second-order valence-electron chi connectivity index (χ2n) is 5.79. The van der Waals surface area contributed by atoms with Crippen molar-refractivity contribution in [3.8, 4) is 0 Å². The molecule has 1 aliphatic carbocycles. The van der Waals surface area contributed by atoms with Gasteiger partial charge in [0.05, 0.1) is 4.90 Å². The van der Waals surface area contributed by atoms with Crippen molar-refractivity contribution in [2.45, 2.75) is 23.0 Å². The molecule has 3 rings (SSSR count). The highest BCUT2D eigenvalue weighted by Gasteiger charge is 2.33. The van der Waals surface area contributed by atoms with E-state index in [0.717, 1.165) is 25.0 Å². The minimum atomic E-state index is -3.79. The Morgan fingerprint density at radius 2 is 1.96 bits per heavy atom. The van der Waals surface area contributed by atoms with Gasteiger partial charge in [0.15, 0.2) is 9.84 Å². The molecule has 0 unspecified atom stereocenters. The van der Waals surface area contributed by atoms with Gasteiger partial charge in [-0.3, -0.25) is 9.78 Å². The van der Waals surface area contributed by atoms with E-state index < -0.39 is 20.9 Å². The van der Waals surface area contributed by atoms with E-state index in [0.29, 0.717) is 5.56 Å². The van der Waals surface area contributed by atoms with Crippen molar-refractivity contribution in [2.75, 3.05) is 6.54 Å². The largest absolute Gasteiger partial charge is 0.354 e. The Bertz CT molecular complexity index is 819. The van der Waals surface area contributed by atoms with E-state index in [4.69, 9.17) is 0 Å². The van der Waals surface area contributed by atoms with E-state index >= 15 is 0 Å². The summed E-state index contributed by atoms with van der Waals surface area (Å²) in [4.78, 5) is 15.9. The maximum absolute atomic E-state index is 13.1. The molecule has 1 N–H and O–H groups in total. The molecule has 1 amide bonds. The number of benzene rings is 1. The van der Waals surface area contributed by atoms with Gasteiger partial charge in [0.2, 0.25) is 5.91 Å². The van der Waals surface area contributed by atoms with E-state index in [2.05, 4.69) is 10.3 Å². The van der Waals surface area contributed by atoms with E-state index in [1.807, 2.05) is 0 Å². The van der Waals surface area contributed by atoms with Gasteiger partial charge in [-0.25, -0.2) is 12.8 Å². The lowest BCUT2D eigenvalue weighted by atomic mass is 10.2. The maximum Gasteiger partial charge on any atom is 0.223 e. The molecule has 1 saturated carbocycles. The van der Waals surface area contributed by atoms with Gasteiger partial charge in [0.1, 0.15) is 11.1 Å². The van der Waals surface area contributed by atoms with Crippen LogP contribution in [0.15, 0.2) is 53.7 Å². The number of carbonyl (C=O) groups is 1. The molecule has 5 nitrogen and oxygen atoms in total. The fourth-order valence-corrected chi connectivity index (χ4v) is 4.09. The van der Waals surface area contributed by atoms with Crippen LogP contribution in [-0.2, 0) is 14.6 Å². The Balaban J connectivity index is 1.90. The number of nitrogens with one attached hydrogen (secondary N) is 1. The first-order valence-corrected chi connectivity index (χ1v) is 9.20. The van der Waals surface area contributed by atoms with Gasteiger partial charge in [-0.05, 0) is 48.7 Å². The number of amides is 1. The lowest BCUT2D eigenvalue weighted by molar-refractivity contribution is -0.122. The highest BCUT2D eigenvalue weighted by molar-refractivity contribution is 7.91. The summed E-state index contributed by atoms with van der Waals surface area (Å²) in [6.07, 6.45) is 4.70. The van der Waals surface area contributed by atoms with Gasteiger partial charge < -0.3 is 5.32 Å². The van der Waals surface area contributed by atoms with Crippen LogP contribution in [0.2, 0.25) is 0 Å². The number of aromatic nitrogens is 1. The monoisotopic (exact) mass is 348 g/mol. The lowest BCUT2D eigenvalue weighted by Crippen LogP contribution is -2.32. The van der Waals surface area contributed by atoms with Crippen molar-refractivity contribution >= 4 is 15.7 Å². The van der Waals surface area contributed by atoms with Gasteiger partial charge >= 0.3 is 0 Å². The molecule has 1 fully saturated rings. The normalized spacial score (nSPS) is 15.7. The van der Waals surface area contributed by atoms with E-state index in [1.54, 1.807) is 18.3 Å². The summed E-state index contributed by atoms with van der Waals surface area (Å²) in [6, 6.07) is 7.98. The minimum absolute atomic E-state index is 0.00641. The average molecular weight is 348 g/mol. The molecule has 126 valence electrons. The smallest absolute Gasteiger partial charge is 0.223 e. The third-order valence-electron chi connectivity index (χ3n) is 3.98. The van der Waals surface area contributed by atoms with Crippen LogP contribution in [0.1, 0.15) is 23.7 Å². The second kappa shape index (κ2) is 6.68. The Hall–Kier alpha value is -2.28. The first-order chi connectivity index (χ1) is 11.5. The SMILES string of the molecule is O=C(NC[C@@H](c1cccnc1)S(=O)(=O)c1ccc(F)cc1)C1CC1. The molecule has 0 bridgehead atoms. The average Bonchev–Trinajstić information content (AvgIpc) is 3.41. The zero-order valence-electron chi connectivity index (χ0n) is 12.9. The van der Waals surface area contributed by atoms with Crippen LogP contribution in [-0.4, -0.2) is 25.9 Å². The molecule has 2 aromatic rings. The number of rotatable bonds is 6. The molecule has 0 spiro atoms. The van der Waals surface area contributed by atoms with Crippen LogP contribution in [0.3, 0.4) is 0 Å². The number of hydrogen-bond acceptors (Lipinski definition) is 4. The third-order valence-corrected chi connectivity index (χ3v) is 6.10. The molecule has 1 atom stereocenters. The van der Waals surface area contributed by atoms with Gasteiger partial charge in [0.25, 0.3) is 0 Å². The van der Waals surface area contributed by atoms with Crippen LogP contribution >= 0.6 is 0 Å². The van der Waals surface area contributed by atoms with Crippen molar-refractivity contribution in [1.82, 2.24) is 10.3 Å². The lowest BCUT2D eigenvalue weighted by Gasteiger charge is -2.18. The minimum Gasteiger partial charge on any atom is -0.354 e. The molecule has 0 saturated heterocycles. The zero-order chi connectivity index (χ0) is 17.2. The number of sulfone groups is 1. The van der Waals surface area contributed by atoms with Crippen molar-refractivity contribution in [1.29, 1.82) is 0 Å². The summed E-state index contributed by atoms with van der Waals surface area (Å²) in [5.41, 5.74) is 0.484. The molecule has 1 aromatic carbocycles. The molecule has 1 aromatic heterocycles. The van der Waals surface area contributed by atoms with Gasteiger partial charge in [-0.15, -0.1) is 0 Å². The van der Waals surface area contributed by atoms with E-state index in [-0.39, 0.29) is 23.3 Å². The number of carbonyl (C=O) groups excluding carboxylic acids is 1. The fourth-order valence-electron chi connectivity index (χ4n) is 2.44. The molecular formula is C17H17FN2O3S. The van der Waals surface area contributed by atoms with Crippen molar-refractivity contribution in [3.05, 3.63) is 60.2 Å². The summed E-state index contributed by atoms with van der Waals surface area (Å²) >= 11 is 0. The predicted octanol–water partition coefficient (Wildman–Crippen LogP) is 2.26. The first-order valence-electron chi connectivity index (χ1n) is 7.65.